The topological polar surface area (TPSA) is 121 Å². The standard InChI is InChI=1S/C80H150O8/c1-7-13-19-23-27-31-35-39-43-47-51-55-59-63-67-73(81)75(83)79(77(85)87-71-17-11-5,69-65-61-57-53-49-45-41-37-33-29-25-21-15-9-3)80(78(86)88-72-18-12-6,70-66-62-58-54-50-46-42-38-34-30-26-22-16-10-4)76(84)74(82)68-64-60-56-52-48-44-40-36-32-28-24-20-14-8-2/h7-72H2,1-6H3. The van der Waals surface area contributed by atoms with Gasteiger partial charge in [-0.05, 0) is 38.5 Å². The van der Waals surface area contributed by atoms with E-state index >= 15 is 19.2 Å². The highest BCUT2D eigenvalue weighted by Crippen LogP contribution is 2.52. The van der Waals surface area contributed by atoms with Crippen molar-refractivity contribution in [3.05, 3.63) is 0 Å². The summed E-state index contributed by atoms with van der Waals surface area (Å²) in [7, 11) is 0. The van der Waals surface area contributed by atoms with Crippen molar-refractivity contribution in [3.8, 4) is 0 Å². The molecule has 2 unspecified atom stereocenters. The minimum Gasteiger partial charge on any atom is -0.465 e. The summed E-state index contributed by atoms with van der Waals surface area (Å²) in [6.07, 6.45) is 64.8. The smallest absolute Gasteiger partial charge is 0.321 e. The van der Waals surface area contributed by atoms with Crippen molar-refractivity contribution >= 4 is 35.1 Å². The van der Waals surface area contributed by atoms with Gasteiger partial charge < -0.3 is 9.47 Å². The minimum absolute atomic E-state index is 0.0166. The lowest BCUT2D eigenvalue weighted by atomic mass is 9.53. The molecule has 0 aromatic heterocycles. The van der Waals surface area contributed by atoms with Gasteiger partial charge in [0.25, 0.3) is 0 Å². The molecule has 0 aromatic rings. The summed E-state index contributed by atoms with van der Waals surface area (Å²) < 4.78 is 12.3. The Morgan fingerprint density at radius 1 is 0.205 bits per heavy atom. The van der Waals surface area contributed by atoms with Crippen LogP contribution in [0, 0.1) is 10.8 Å². The maximum atomic E-state index is 15.9. The molecule has 0 aliphatic carbocycles. The Morgan fingerprint density at radius 3 is 0.545 bits per heavy atom. The molecule has 518 valence electrons. The third-order valence-electron chi connectivity index (χ3n) is 19.5. The lowest BCUT2D eigenvalue weighted by molar-refractivity contribution is -0.190. The van der Waals surface area contributed by atoms with Gasteiger partial charge in [-0.15, -0.1) is 0 Å². The molecule has 88 heavy (non-hydrogen) atoms. The number of Topliss-reactive ketones (excluding diaryl/α,β-unsaturated/α-hetero) is 4. The largest absolute Gasteiger partial charge is 0.465 e. The molecule has 0 aliphatic heterocycles. The first-order valence-electron chi connectivity index (χ1n) is 39.6. The zero-order valence-corrected chi connectivity index (χ0v) is 59.9. The maximum absolute atomic E-state index is 15.9. The van der Waals surface area contributed by atoms with Gasteiger partial charge in [-0.3, -0.25) is 28.8 Å². The number of unbranched alkanes of at least 4 members (excludes halogenated alkanes) is 54. The molecule has 0 spiro atoms. The molecule has 0 radical (unpaired) electrons. The van der Waals surface area contributed by atoms with E-state index in [9.17, 15) is 9.59 Å². The van der Waals surface area contributed by atoms with E-state index in [1.54, 1.807) is 0 Å². The molecule has 0 saturated carbocycles. The Morgan fingerprint density at radius 2 is 0.364 bits per heavy atom. The van der Waals surface area contributed by atoms with Crippen LogP contribution in [0.25, 0.3) is 0 Å². The van der Waals surface area contributed by atoms with Crippen LogP contribution in [0.4, 0.5) is 0 Å². The molecule has 0 saturated heterocycles. The highest BCUT2D eigenvalue weighted by molar-refractivity contribution is 6.49. The molecule has 0 amide bonds. The second-order valence-corrected chi connectivity index (χ2v) is 27.7. The van der Waals surface area contributed by atoms with E-state index in [1.165, 1.54) is 218 Å². The second-order valence-electron chi connectivity index (χ2n) is 27.7. The summed E-state index contributed by atoms with van der Waals surface area (Å²) >= 11 is 0. The number of carbonyl (C=O) groups is 6. The van der Waals surface area contributed by atoms with E-state index < -0.39 is 45.9 Å². The molecule has 0 heterocycles. The molecular weight excluding hydrogens is 1090 g/mol. The van der Waals surface area contributed by atoms with Gasteiger partial charge in [-0.2, -0.15) is 0 Å². The minimum atomic E-state index is -2.52. The molecule has 0 fully saturated rings. The van der Waals surface area contributed by atoms with Crippen molar-refractivity contribution in [2.45, 2.75) is 452 Å². The van der Waals surface area contributed by atoms with Gasteiger partial charge in [0, 0.05) is 12.8 Å². The van der Waals surface area contributed by atoms with Gasteiger partial charge in [0.2, 0.25) is 11.6 Å². The van der Waals surface area contributed by atoms with Crippen LogP contribution in [0.1, 0.15) is 452 Å². The van der Waals surface area contributed by atoms with E-state index in [-0.39, 0.29) is 38.9 Å². The van der Waals surface area contributed by atoms with E-state index in [0.717, 1.165) is 103 Å². The predicted molar refractivity (Wildman–Crippen MR) is 376 cm³/mol. The van der Waals surface area contributed by atoms with Gasteiger partial charge in [-0.1, -0.05) is 401 Å². The van der Waals surface area contributed by atoms with Crippen LogP contribution in [-0.2, 0) is 38.2 Å². The lowest BCUT2D eigenvalue weighted by Crippen LogP contribution is -2.64. The van der Waals surface area contributed by atoms with Gasteiger partial charge in [0.05, 0.1) is 13.2 Å². The molecule has 0 rings (SSSR count). The van der Waals surface area contributed by atoms with Gasteiger partial charge >= 0.3 is 11.9 Å². The Hall–Kier alpha value is -2.38. The van der Waals surface area contributed by atoms with E-state index in [1.807, 2.05) is 13.8 Å². The van der Waals surface area contributed by atoms with Crippen molar-refractivity contribution in [2.75, 3.05) is 13.2 Å². The summed E-state index contributed by atoms with van der Waals surface area (Å²) in [5.74, 6) is -5.51. The summed E-state index contributed by atoms with van der Waals surface area (Å²) in [6.45, 7) is 13.0. The van der Waals surface area contributed by atoms with Crippen molar-refractivity contribution in [2.24, 2.45) is 10.8 Å². The third kappa shape index (κ3) is 43.4. The monoisotopic (exact) mass is 1240 g/mol. The van der Waals surface area contributed by atoms with Crippen molar-refractivity contribution in [3.63, 3.8) is 0 Å². The highest BCUT2D eigenvalue weighted by atomic mass is 16.5. The predicted octanol–water partition coefficient (Wildman–Crippen LogP) is 25.4. The molecule has 8 nitrogen and oxygen atoms in total. The fourth-order valence-corrected chi connectivity index (χ4v) is 13.5. The van der Waals surface area contributed by atoms with E-state index in [4.69, 9.17) is 9.47 Å². The summed E-state index contributed by atoms with van der Waals surface area (Å²) in [5, 5.41) is 0. The number of esters is 2. The Bertz CT molecular complexity index is 1490. The summed E-state index contributed by atoms with van der Waals surface area (Å²) in [6, 6.07) is 0. The summed E-state index contributed by atoms with van der Waals surface area (Å²) in [5.41, 5.74) is -5.04. The molecule has 8 heteroatoms. The zero-order chi connectivity index (χ0) is 64.5. The number of ketones is 4. The van der Waals surface area contributed by atoms with Crippen LogP contribution in [0.2, 0.25) is 0 Å². The van der Waals surface area contributed by atoms with Crippen LogP contribution in [0.15, 0.2) is 0 Å². The lowest BCUT2D eigenvalue weighted by Gasteiger charge is -2.44. The van der Waals surface area contributed by atoms with Crippen LogP contribution < -0.4 is 0 Å². The quantitative estimate of drug-likeness (QED) is 0.0255. The average molecular weight is 1240 g/mol. The molecule has 0 N–H and O–H groups in total. The molecule has 2 atom stereocenters. The number of rotatable bonds is 73. The molecule has 0 aromatic carbocycles. The van der Waals surface area contributed by atoms with Gasteiger partial charge in [-0.25, -0.2) is 0 Å². The van der Waals surface area contributed by atoms with Crippen molar-refractivity contribution in [1.29, 1.82) is 0 Å². The first-order valence-corrected chi connectivity index (χ1v) is 39.6. The first-order chi connectivity index (χ1) is 43.1. The average Bonchev–Trinajstić information content (AvgIpc) is 0.817. The first kappa shape index (κ1) is 85.6. The van der Waals surface area contributed by atoms with E-state index in [2.05, 4.69) is 27.7 Å². The van der Waals surface area contributed by atoms with Crippen LogP contribution >= 0.6 is 0 Å². The Kier molecular flexibility index (Phi) is 63.0. The number of hydrogen-bond acceptors (Lipinski definition) is 8. The number of hydrogen-bond donors (Lipinski definition) is 0. The van der Waals surface area contributed by atoms with Crippen molar-refractivity contribution < 1.29 is 38.2 Å². The molecular formula is C80H150O8. The fraction of sp³-hybridized carbons (Fsp3) is 0.925. The number of ether oxygens (including phenoxy) is 2. The van der Waals surface area contributed by atoms with Crippen LogP contribution in [0.3, 0.4) is 0 Å². The van der Waals surface area contributed by atoms with E-state index in [0.29, 0.717) is 64.2 Å². The Balaban J connectivity index is 7.00. The second kappa shape index (κ2) is 64.7. The highest BCUT2D eigenvalue weighted by Gasteiger charge is 2.71. The van der Waals surface area contributed by atoms with Crippen LogP contribution in [-0.4, -0.2) is 48.3 Å². The van der Waals surface area contributed by atoms with Crippen molar-refractivity contribution in [1.82, 2.24) is 0 Å². The van der Waals surface area contributed by atoms with Gasteiger partial charge in [0.15, 0.2) is 22.4 Å². The number of carbonyl (C=O) groups excluding carboxylic acids is 6. The Labute approximate surface area is 547 Å². The SMILES string of the molecule is CCCCCCCCCCCCCCCCC(=O)C(=O)C(CCCCCCCCCCCCCCCC)(C(=O)OCCCC)C(CCCCCCCCCCCCCCCC)(C(=O)OCCCC)C(=O)C(=O)CCCCCCCCCCCCCCCC. The maximum Gasteiger partial charge on any atom is 0.321 e. The third-order valence-corrected chi connectivity index (χ3v) is 19.5. The summed E-state index contributed by atoms with van der Waals surface area (Å²) in [4.78, 5) is 92.9. The van der Waals surface area contributed by atoms with Gasteiger partial charge in [0.1, 0.15) is 0 Å². The molecule has 0 bridgehead atoms. The normalized spacial score (nSPS) is 12.9. The van der Waals surface area contributed by atoms with Crippen LogP contribution in [0.5, 0.6) is 0 Å². The zero-order valence-electron chi connectivity index (χ0n) is 59.9. The molecule has 0 aliphatic rings. The fourth-order valence-electron chi connectivity index (χ4n) is 13.5.